The van der Waals surface area contributed by atoms with Gasteiger partial charge >= 0.3 is 0 Å². The number of hydrogen-bond donors (Lipinski definition) is 2. The maximum absolute atomic E-state index is 12.9. The van der Waals surface area contributed by atoms with Crippen molar-refractivity contribution in [2.24, 2.45) is 5.92 Å². The van der Waals surface area contributed by atoms with Crippen LogP contribution in [0.1, 0.15) is 29.8 Å². The zero-order chi connectivity index (χ0) is 20.8. The average Bonchev–Trinajstić information content (AvgIpc) is 2.68. The fourth-order valence-electron chi connectivity index (χ4n) is 2.64. The Hall–Kier alpha value is -2.73. The first-order chi connectivity index (χ1) is 13.3. The van der Waals surface area contributed by atoms with Crippen LogP contribution < -0.4 is 20.1 Å². The van der Waals surface area contributed by atoms with Crippen LogP contribution in [-0.2, 0) is 4.79 Å². The molecule has 1 unspecified atom stereocenters. The van der Waals surface area contributed by atoms with Crippen LogP contribution in [0.15, 0.2) is 36.4 Å². The van der Waals surface area contributed by atoms with Gasteiger partial charge in [-0.1, -0.05) is 25.4 Å². The summed E-state index contributed by atoms with van der Waals surface area (Å²) in [5.74, 6) is 0.307. The Morgan fingerprint density at radius 2 is 1.68 bits per heavy atom. The Labute approximate surface area is 170 Å². The third-order valence-electron chi connectivity index (χ3n) is 4.33. The summed E-state index contributed by atoms with van der Waals surface area (Å²) in [5.41, 5.74) is 1.75. The molecule has 0 fully saturated rings. The second kappa shape index (κ2) is 9.46. The van der Waals surface area contributed by atoms with Gasteiger partial charge in [-0.2, -0.15) is 0 Å². The quantitative estimate of drug-likeness (QED) is 0.729. The van der Waals surface area contributed by atoms with Gasteiger partial charge in [-0.05, 0) is 48.7 Å². The Morgan fingerprint density at radius 3 is 2.21 bits per heavy atom. The van der Waals surface area contributed by atoms with Crippen LogP contribution in [0.4, 0.5) is 5.69 Å². The summed E-state index contributed by atoms with van der Waals surface area (Å²) in [6.45, 7) is 5.56. The Bertz CT molecular complexity index is 850. The molecule has 150 valence electrons. The maximum atomic E-state index is 12.9. The number of hydrogen-bond acceptors (Lipinski definition) is 4. The molecular formula is C21H25ClN2O4. The van der Waals surface area contributed by atoms with Crippen LogP contribution in [0.5, 0.6) is 11.5 Å². The van der Waals surface area contributed by atoms with Crippen LogP contribution in [-0.4, -0.2) is 32.1 Å². The molecule has 0 heterocycles. The smallest absolute Gasteiger partial charge is 0.251 e. The van der Waals surface area contributed by atoms with E-state index in [1.807, 2.05) is 20.8 Å². The number of aryl methyl sites for hydroxylation is 1. The summed E-state index contributed by atoms with van der Waals surface area (Å²) in [6, 6.07) is 9.34. The number of ether oxygens (including phenoxy) is 2. The summed E-state index contributed by atoms with van der Waals surface area (Å²) in [5, 5.41) is 6.17. The molecule has 2 aromatic rings. The van der Waals surface area contributed by atoms with Crippen LogP contribution in [0.2, 0.25) is 5.02 Å². The predicted molar refractivity (Wildman–Crippen MR) is 110 cm³/mol. The molecule has 2 aromatic carbocycles. The number of halogens is 1. The molecule has 0 saturated heterocycles. The molecule has 2 N–H and O–H groups in total. The van der Waals surface area contributed by atoms with Gasteiger partial charge in [-0.25, -0.2) is 0 Å². The van der Waals surface area contributed by atoms with E-state index in [0.29, 0.717) is 27.8 Å². The molecule has 0 aliphatic rings. The van der Waals surface area contributed by atoms with E-state index in [0.717, 1.165) is 5.56 Å². The highest BCUT2D eigenvalue weighted by atomic mass is 35.5. The van der Waals surface area contributed by atoms with Crippen molar-refractivity contribution in [3.8, 4) is 11.5 Å². The van der Waals surface area contributed by atoms with Gasteiger partial charge in [0.1, 0.15) is 17.5 Å². The van der Waals surface area contributed by atoms with E-state index in [1.54, 1.807) is 43.5 Å². The summed E-state index contributed by atoms with van der Waals surface area (Å²) < 4.78 is 10.4. The first-order valence-corrected chi connectivity index (χ1v) is 9.24. The fourth-order valence-corrected chi connectivity index (χ4v) is 2.80. The lowest BCUT2D eigenvalue weighted by Gasteiger charge is -2.22. The third-order valence-corrected chi connectivity index (χ3v) is 4.73. The minimum absolute atomic E-state index is 0.124. The molecule has 6 nitrogen and oxygen atoms in total. The topological polar surface area (TPSA) is 76.7 Å². The highest BCUT2D eigenvalue weighted by molar-refractivity contribution is 6.31. The van der Waals surface area contributed by atoms with Crippen molar-refractivity contribution in [1.29, 1.82) is 0 Å². The number of methoxy groups -OCH3 is 2. The van der Waals surface area contributed by atoms with Gasteiger partial charge < -0.3 is 20.1 Å². The van der Waals surface area contributed by atoms with Crippen LogP contribution in [0.3, 0.4) is 0 Å². The molecule has 0 radical (unpaired) electrons. The maximum Gasteiger partial charge on any atom is 0.251 e. The predicted octanol–water partition coefficient (Wildman–Crippen LogP) is 4.06. The second-order valence-electron chi connectivity index (χ2n) is 6.71. The van der Waals surface area contributed by atoms with Gasteiger partial charge in [0.25, 0.3) is 5.91 Å². The highest BCUT2D eigenvalue weighted by Crippen LogP contribution is 2.31. The molecule has 2 amide bonds. The normalized spacial score (nSPS) is 11.7. The van der Waals surface area contributed by atoms with Crippen molar-refractivity contribution in [2.45, 2.75) is 26.8 Å². The second-order valence-corrected chi connectivity index (χ2v) is 7.12. The van der Waals surface area contributed by atoms with Crippen LogP contribution >= 0.6 is 11.6 Å². The van der Waals surface area contributed by atoms with E-state index < -0.39 is 6.04 Å². The lowest BCUT2D eigenvalue weighted by molar-refractivity contribution is -0.118. The summed E-state index contributed by atoms with van der Waals surface area (Å²) in [4.78, 5) is 25.4. The van der Waals surface area contributed by atoms with Gasteiger partial charge in [0.2, 0.25) is 5.91 Å². The monoisotopic (exact) mass is 404 g/mol. The van der Waals surface area contributed by atoms with Gasteiger partial charge in [-0.3, -0.25) is 9.59 Å². The van der Waals surface area contributed by atoms with Crippen molar-refractivity contribution in [2.75, 3.05) is 19.5 Å². The first-order valence-electron chi connectivity index (χ1n) is 8.86. The van der Waals surface area contributed by atoms with Crippen molar-refractivity contribution in [3.63, 3.8) is 0 Å². The van der Waals surface area contributed by atoms with Gasteiger partial charge in [0.05, 0.1) is 19.9 Å². The zero-order valence-electron chi connectivity index (χ0n) is 16.6. The van der Waals surface area contributed by atoms with Crippen LogP contribution in [0, 0.1) is 12.8 Å². The Morgan fingerprint density at radius 1 is 1.04 bits per heavy atom. The van der Waals surface area contributed by atoms with E-state index in [1.165, 1.54) is 7.11 Å². The molecule has 0 bridgehead atoms. The van der Waals surface area contributed by atoms with Crippen molar-refractivity contribution >= 4 is 29.1 Å². The molecule has 0 aromatic heterocycles. The largest absolute Gasteiger partial charge is 0.497 e. The number of nitrogens with one attached hydrogen (secondary N) is 2. The van der Waals surface area contributed by atoms with Crippen molar-refractivity contribution in [1.82, 2.24) is 5.32 Å². The number of carbonyl (C=O) groups is 2. The standard InChI is InChI=1S/C21H25ClN2O4/c1-12(2)19(24-20(25)14-6-8-15(27-4)9-7-14)21(26)23-17-10-13(3)16(22)11-18(17)28-5/h6-12,19H,1-5H3,(H,23,26)(H,24,25). The molecule has 28 heavy (non-hydrogen) atoms. The average molecular weight is 405 g/mol. The van der Waals surface area contributed by atoms with E-state index in [4.69, 9.17) is 21.1 Å². The molecule has 7 heteroatoms. The van der Waals surface area contributed by atoms with Crippen molar-refractivity contribution < 1.29 is 19.1 Å². The number of carbonyl (C=O) groups excluding carboxylic acids is 2. The molecule has 0 aliphatic carbocycles. The minimum atomic E-state index is -0.727. The minimum Gasteiger partial charge on any atom is -0.497 e. The number of rotatable bonds is 7. The van der Waals surface area contributed by atoms with Crippen molar-refractivity contribution in [3.05, 3.63) is 52.5 Å². The fraction of sp³-hybridized carbons (Fsp3) is 0.333. The van der Waals surface area contributed by atoms with E-state index in [2.05, 4.69) is 10.6 Å². The molecule has 2 rings (SSSR count). The van der Waals surface area contributed by atoms with Gasteiger partial charge in [-0.15, -0.1) is 0 Å². The van der Waals surface area contributed by atoms with E-state index in [9.17, 15) is 9.59 Å². The number of anilines is 1. The first kappa shape index (κ1) is 21.6. The third kappa shape index (κ3) is 5.16. The Kier molecular flexibility index (Phi) is 7.29. The lowest BCUT2D eigenvalue weighted by Crippen LogP contribution is -2.47. The highest BCUT2D eigenvalue weighted by Gasteiger charge is 2.25. The molecule has 0 aliphatic heterocycles. The summed E-state index contributed by atoms with van der Waals surface area (Å²) in [7, 11) is 3.06. The van der Waals surface area contributed by atoms with Crippen LogP contribution in [0.25, 0.3) is 0 Å². The van der Waals surface area contributed by atoms with E-state index >= 15 is 0 Å². The number of benzene rings is 2. The molecule has 0 saturated carbocycles. The SMILES string of the molecule is COc1ccc(C(=O)NC(C(=O)Nc2cc(C)c(Cl)cc2OC)C(C)C)cc1. The molecule has 0 spiro atoms. The van der Waals surface area contributed by atoms with Gasteiger partial charge in [0, 0.05) is 16.7 Å². The zero-order valence-corrected chi connectivity index (χ0v) is 17.4. The lowest BCUT2D eigenvalue weighted by atomic mass is 10.0. The van der Waals surface area contributed by atoms with E-state index in [-0.39, 0.29) is 17.7 Å². The summed E-state index contributed by atoms with van der Waals surface area (Å²) in [6.07, 6.45) is 0. The molecular weight excluding hydrogens is 380 g/mol. The summed E-state index contributed by atoms with van der Waals surface area (Å²) >= 11 is 6.11. The number of amides is 2. The Balaban J connectivity index is 2.18. The molecule has 1 atom stereocenters. The van der Waals surface area contributed by atoms with Gasteiger partial charge in [0.15, 0.2) is 0 Å².